The van der Waals surface area contributed by atoms with E-state index in [0.29, 0.717) is 5.75 Å². The van der Waals surface area contributed by atoms with Gasteiger partial charge in [0.25, 0.3) is 0 Å². The zero-order valence-corrected chi connectivity index (χ0v) is 16.3. The van der Waals surface area contributed by atoms with Gasteiger partial charge in [0.15, 0.2) is 17.3 Å². The fourth-order valence-electron chi connectivity index (χ4n) is 4.19. The summed E-state index contributed by atoms with van der Waals surface area (Å²) in [5, 5.41) is 16.5. The number of nitrogens with zero attached hydrogens (tertiary/aromatic N) is 4. The van der Waals surface area contributed by atoms with Crippen LogP contribution in [0.5, 0.6) is 17.2 Å². The van der Waals surface area contributed by atoms with Gasteiger partial charge in [0, 0.05) is 11.8 Å². The predicted octanol–water partition coefficient (Wildman–Crippen LogP) is 3.67. The largest absolute Gasteiger partial charge is 0.497 e. The SMILES string of the molecule is COc1ccc(NC2(c3nnnn3-c3ccc4c(c3)OCO4)CCCCC2)cc1. The number of hydrogen-bond acceptors (Lipinski definition) is 7. The number of methoxy groups -OCH3 is 1. The monoisotopic (exact) mass is 393 g/mol. The second-order valence-electron chi connectivity index (χ2n) is 7.45. The molecule has 0 amide bonds. The number of rotatable bonds is 5. The molecule has 0 bridgehead atoms. The standard InChI is InChI=1S/C21H23N5O3/c1-27-17-8-5-15(6-9-17)22-21(11-3-2-4-12-21)20-23-24-25-26(20)16-7-10-18-19(13-16)29-14-28-18/h5-10,13,22H,2-4,11-12,14H2,1H3. The molecule has 8 heteroatoms. The van der Waals surface area contributed by atoms with E-state index >= 15 is 0 Å². The maximum atomic E-state index is 5.53. The van der Waals surface area contributed by atoms with E-state index in [1.165, 1.54) is 6.42 Å². The molecule has 5 rings (SSSR count). The van der Waals surface area contributed by atoms with Crippen LogP contribution in [0.25, 0.3) is 5.69 Å². The quantitative estimate of drug-likeness (QED) is 0.708. The van der Waals surface area contributed by atoms with Gasteiger partial charge in [-0.1, -0.05) is 19.3 Å². The molecule has 1 saturated carbocycles. The first-order valence-electron chi connectivity index (χ1n) is 9.89. The van der Waals surface area contributed by atoms with Crippen molar-refractivity contribution in [2.45, 2.75) is 37.6 Å². The Bertz CT molecular complexity index is 996. The van der Waals surface area contributed by atoms with Crippen LogP contribution in [0.15, 0.2) is 42.5 Å². The van der Waals surface area contributed by atoms with Crippen LogP contribution in [0, 0.1) is 0 Å². The summed E-state index contributed by atoms with van der Waals surface area (Å²) >= 11 is 0. The van der Waals surface area contributed by atoms with Gasteiger partial charge < -0.3 is 19.5 Å². The van der Waals surface area contributed by atoms with Crippen molar-refractivity contribution in [2.75, 3.05) is 19.2 Å². The third kappa shape index (κ3) is 3.24. The zero-order valence-electron chi connectivity index (χ0n) is 16.3. The fourth-order valence-corrected chi connectivity index (χ4v) is 4.19. The van der Waals surface area contributed by atoms with E-state index in [2.05, 4.69) is 20.8 Å². The molecular weight excluding hydrogens is 370 g/mol. The Morgan fingerprint density at radius 2 is 1.79 bits per heavy atom. The van der Waals surface area contributed by atoms with Crippen LogP contribution in [-0.4, -0.2) is 34.1 Å². The first-order chi connectivity index (χ1) is 14.3. The van der Waals surface area contributed by atoms with E-state index in [4.69, 9.17) is 14.2 Å². The van der Waals surface area contributed by atoms with Gasteiger partial charge in [-0.05, 0) is 59.7 Å². The lowest BCUT2D eigenvalue weighted by Crippen LogP contribution is -2.40. The lowest BCUT2D eigenvalue weighted by molar-refractivity contribution is 0.174. The molecule has 29 heavy (non-hydrogen) atoms. The first kappa shape index (κ1) is 17.8. The molecule has 2 aromatic carbocycles. The summed E-state index contributed by atoms with van der Waals surface area (Å²) in [5.41, 5.74) is 1.54. The highest BCUT2D eigenvalue weighted by atomic mass is 16.7. The Morgan fingerprint density at radius 3 is 2.59 bits per heavy atom. The Kier molecular flexibility index (Phi) is 4.46. The maximum absolute atomic E-state index is 5.53. The van der Waals surface area contributed by atoms with Crippen molar-refractivity contribution in [1.82, 2.24) is 20.2 Å². The van der Waals surface area contributed by atoms with Gasteiger partial charge in [0.1, 0.15) is 5.75 Å². The molecule has 1 aliphatic heterocycles. The number of fused-ring (bicyclic) bond motifs is 1. The minimum atomic E-state index is -0.341. The van der Waals surface area contributed by atoms with Gasteiger partial charge in [-0.3, -0.25) is 0 Å². The number of tetrazole rings is 1. The van der Waals surface area contributed by atoms with E-state index in [-0.39, 0.29) is 12.3 Å². The molecule has 1 N–H and O–H groups in total. The molecular formula is C21H23N5O3. The van der Waals surface area contributed by atoms with E-state index in [9.17, 15) is 0 Å². The molecule has 3 aromatic rings. The number of nitrogens with one attached hydrogen (secondary N) is 1. The lowest BCUT2D eigenvalue weighted by atomic mass is 9.80. The molecule has 0 radical (unpaired) electrons. The number of ether oxygens (including phenoxy) is 3. The number of anilines is 1. The highest BCUT2D eigenvalue weighted by Gasteiger charge is 2.39. The van der Waals surface area contributed by atoms with Crippen LogP contribution in [0.4, 0.5) is 5.69 Å². The normalized spacial score (nSPS) is 17.1. The minimum absolute atomic E-state index is 0.240. The van der Waals surface area contributed by atoms with Crippen molar-refractivity contribution < 1.29 is 14.2 Å². The van der Waals surface area contributed by atoms with Crippen LogP contribution in [0.3, 0.4) is 0 Å². The third-order valence-electron chi connectivity index (χ3n) is 5.68. The van der Waals surface area contributed by atoms with Crippen molar-refractivity contribution in [3.8, 4) is 22.9 Å². The van der Waals surface area contributed by atoms with Gasteiger partial charge in [0.2, 0.25) is 6.79 Å². The third-order valence-corrected chi connectivity index (χ3v) is 5.68. The van der Waals surface area contributed by atoms with Crippen LogP contribution < -0.4 is 19.5 Å². The lowest BCUT2D eigenvalue weighted by Gasteiger charge is -2.37. The second kappa shape index (κ2) is 7.27. The van der Waals surface area contributed by atoms with Gasteiger partial charge in [0.05, 0.1) is 18.3 Å². The van der Waals surface area contributed by atoms with E-state index < -0.39 is 0 Å². The highest BCUT2D eigenvalue weighted by molar-refractivity contribution is 5.52. The molecule has 0 saturated heterocycles. The molecule has 8 nitrogen and oxygen atoms in total. The molecule has 0 unspecified atom stereocenters. The molecule has 0 spiro atoms. The Labute approximate surface area is 168 Å². The van der Waals surface area contributed by atoms with Gasteiger partial charge >= 0.3 is 0 Å². The smallest absolute Gasteiger partial charge is 0.231 e. The van der Waals surface area contributed by atoms with E-state index in [0.717, 1.165) is 54.4 Å². The Balaban J connectivity index is 1.53. The molecule has 2 aliphatic rings. The van der Waals surface area contributed by atoms with Crippen LogP contribution in [-0.2, 0) is 5.54 Å². The molecule has 150 valence electrons. The Hall–Kier alpha value is -3.29. The van der Waals surface area contributed by atoms with Crippen molar-refractivity contribution in [2.24, 2.45) is 0 Å². The summed E-state index contributed by atoms with van der Waals surface area (Å²) in [6.45, 7) is 0.240. The summed E-state index contributed by atoms with van der Waals surface area (Å²) in [6, 6.07) is 13.8. The van der Waals surface area contributed by atoms with Gasteiger partial charge in [-0.25, -0.2) is 0 Å². The number of benzene rings is 2. The summed E-state index contributed by atoms with van der Waals surface area (Å²) in [7, 11) is 1.67. The van der Waals surface area contributed by atoms with Crippen molar-refractivity contribution in [1.29, 1.82) is 0 Å². The first-order valence-corrected chi connectivity index (χ1v) is 9.89. The Morgan fingerprint density at radius 1 is 1.00 bits per heavy atom. The summed E-state index contributed by atoms with van der Waals surface area (Å²) in [6.07, 6.45) is 5.39. The van der Waals surface area contributed by atoms with Gasteiger partial charge in [-0.2, -0.15) is 4.68 Å². The number of aromatic nitrogens is 4. The van der Waals surface area contributed by atoms with Crippen LogP contribution in [0.1, 0.15) is 37.9 Å². The van der Waals surface area contributed by atoms with E-state index in [1.807, 2.05) is 47.1 Å². The molecule has 1 aliphatic carbocycles. The highest BCUT2D eigenvalue weighted by Crippen LogP contribution is 2.41. The molecule has 2 heterocycles. The van der Waals surface area contributed by atoms with Crippen molar-refractivity contribution >= 4 is 5.69 Å². The summed E-state index contributed by atoms with van der Waals surface area (Å²) in [4.78, 5) is 0. The van der Waals surface area contributed by atoms with Gasteiger partial charge in [-0.15, -0.1) is 5.10 Å². The van der Waals surface area contributed by atoms with Crippen LogP contribution in [0.2, 0.25) is 0 Å². The van der Waals surface area contributed by atoms with Crippen molar-refractivity contribution in [3.63, 3.8) is 0 Å². The zero-order chi connectivity index (χ0) is 19.7. The maximum Gasteiger partial charge on any atom is 0.231 e. The summed E-state index contributed by atoms with van der Waals surface area (Å²) in [5.74, 6) is 3.10. The van der Waals surface area contributed by atoms with E-state index in [1.54, 1.807) is 7.11 Å². The molecule has 1 aromatic heterocycles. The minimum Gasteiger partial charge on any atom is -0.497 e. The fraction of sp³-hybridized carbons (Fsp3) is 0.381. The molecule has 0 atom stereocenters. The average molecular weight is 393 g/mol. The molecule has 1 fully saturated rings. The second-order valence-corrected chi connectivity index (χ2v) is 7.45. The summed E-state index contributed by atoms with van der Waals surface area (Å²) < 4.78 is 18.1. The average Bonchev–Trinajstić information content (AvgIpc) is 3.44. The predicted molar refractivity (Wildman–Crippen MR) is 107 cm³/mol. The number of hydrogen-bond donors (Lipinski definition) is 1. The van der Waals surface area contributed by atoms with Crippen LogP contribution >= 0.6 is 0 Å². The topological polar surface area (TPSA) is 83.3 Å². The van der Waals surface area contributed by atoms with Crippen molar-refractivity contribution in [3.05, 3.63) is 48.3 Å².